The van der Waals surface area contributed by atoms with E-state index in [2.05, 4.69) is 38.1 Å². The highest BCUT2D eigenvalue weighted by Crippen LogP contribution is 2.28. The standard InChI is InChI=1S/C16H25ClO/c1-3-14(2)15-10-6-7-11-16(15)18-13-9-5-4-8-12-17/h6-7,10-11,14H,3-5,8-9,12-13H2,1-2H3. The normalized spacial score (nSPS) is 12.4. The molecule has 0 heterocycles. The predicted octanol–water partition coefficient (Wildman–Crippen LogP) is 5.38. The highest BCUT2D eigenvalue weighted by Gasteiger charge is 2.08. The van der Waals surface area contributed by atoms with Crippen molar-refractivity contribution >= 4 is 11.6 Å². The van der Waals surface area contributed by atoms with Gasteiger partial charge in [0.25, 0.3) is 0 Å². The van der Waals surface area contributed by atoms with Crippen molar-refractivity contribution in [3.05, 3.63) is 29.8 Å². The molecule has 0 aromatic heterocycles. The second kappa shape index (κ2) is 9.27. The molecule has 0 fully saturated rings. The van der Waals surface area contributed by atoms with E-state index in [1.54, 1.807) is 0 Å². The Labute approximate surface area is 116 Å². The van der Waals surface area contributed by atoms with Crippen LogP contribution in [-0.4, -0.2) is 12.5 Å². The van der Waals surface area contributed by atoms with Crippen molar-refractivity contribution in [2.75, 3.05) is 12.5 Å². The minimum absolute atomic E-state index is 0.567. The molecule has 0 radical (unpaired) electrons. The number of hydrogen-bond donors (Lipinski definition) is 0. The zero-order valence-corrected chi connectivity index (χ0v) is 12.4. The Morgan fingerprint density at radius 1 is 1.11 bits per heavy atom. The maximum absolute atomic E-state index is 5.91. The molecule has 0 aliphatic rings. The molecule has 2 heteroatoms. The summed E-state index contributed by atoms with van der Waals surface area (Å²) in [5.41, 5.74) is 1.33. The van der Waals surface area contributed by atoms with Gasteiger partial charge in [0.05, 0.1) is 6.61 Å². The van der Waals surface area contributed by atoms with Crippen LogP contribution < -0.4 is 4.74 Å². The number of rotatable bonds is 9. The Hall–Kier alpha value is -0.690. The molecular weight excluding hydrogens is 244 g/mol. The molecule has 0 saturated carbocycles. The Kier molecular flexibility index (Phi) is 7.91. The molecule has 1 unspecified atom stereocenters. The van der Waals surface area contributed by atoms with Crippen LogP contribution in [0.3, 0.4) is 0 Å². The molecule has 0 N–H and O–H groups in total. The summed E-state index contributed by atoms with van der Waals surface area (Å²) in [6.07, 6.45) is 5.80. The van der Waals surface area contributed by atoms with Gasteiger partial charge in [-0.05, 0) is 36.8 Å². The van der Waals surface area contributed by atoms with Crippen LogP contribution in [0.15, 0.2) is 24.3 Å². The first-order valence-corrected chi connectivity index (χ1v) is 7.60. The second-order valence-electron chi connectivity index (χ2n) is 4.80. The Morgan fingerprint density at radius 2 is 1.83 bits per heavy atom. The van der Waals surface area contributed by atoms with Gasteiger partial charge in [0, 0.05) is 5.88 Å². The molecule has 1 aromatic rings. The zero-order chi connectivity index (χ0) is 13.2. The number of benzene rings is 1. The van der Waals surface area contributed by atoms with Crippen LogP contribution in [0, 0.1) is 0 Å². The van der Waals surface area contributed by atoms with Gasteiger partial charge >= 0.3 is 0 Å². The van der Waals surface area contributed by atoms with Crippen LogP contribution in [0.25, 0.3) is 0 Å². The van der Waals surface area contributed by atoms with Crippen LogP contribution in [0.5, 0.6) is 5.75 Å². The van der Waals surface area contributed by atoms with Crippen molar-refractivity contribution in [2.24, 2.45) is 0 Å². The molecule has 1 nitrogen and oxygen atoms in total. The lowest BCUT2D eigenvalue weighted by molar-refractivity contribution is 0.300. The van der Waals surface area contributed by atoms with Crippen LogP contribution in [0.4, 0.5) is 0 Å². The first kappa shape index (κ1) is 15.4. The third kappa shape index (κ3) is 5.30. The molecule has 102 valence electrons. The van der Waals surface area contributed by atoms with Crippen molar-refractivity contribution < 1.29 is 4.74 Å². The van der Waals surface area contributed by atoms with Gasteiger partial charge in [-0.25, -0.2) is 0 Å². The first-order chi connectivity index (χ1) is 8.79. The largest absolute Gasteiger partial charge is 0.493 e. The smallest absolute Gasteiger partial charge is 0.122 e. The van der Waals surface area contributed by atoms with Gasteiger partial charge < -0.3 is 4.74 Å². The van der Waals surface area contributed by atoms with E-state index in [1.165, 1.54) is 18.4 Å². The summed E-state index contributed by atoms with van der Waals surface area (Å²) in [7, 11) is 0. The highest BCUT2D eigenvalue weighted by atomic mass is 35.5. The number of para-hydroxylation sites is 1. The molecule has 1 aromatic carbocycles. The Morgan fingerprint density at radius 3 is 2.56 bits per heavy atom. The van der Waals surface area contributed by atoms with E-state index in [9.17, 15) is 0 Å². The molecule has 0 aliphatic carbocycles. The summed E-state index contributed by atoms with van der Waals surface area (Å²) in [5.74, 6) is 2.40. The topological polar surface area (TPSA) is 9.23 Å². The molecule has 18 heavy (non-hydrogen) atoms. The van der Waals surface area contributed by atoms with Crippen molar-refractivity contribution in [3.63, 3.8) is 0 Å². The monoisotopic (exact) mass is 268 g/mol. The maximum atomic E-state index is 5.91. The van der Waals surface area contributed by atoms with Crippen LogP contribution in [0.2, 0.25) is 0 Å². The highest BCUT2D eigenvalue weighted by molar-refractivity contribution is 6.17. The summed E-state index contributed by atoms with van der Waals surface area (Å²) < 4.78 is 5.91. The SMILES string of the molecule is CCC(C)c1ccccc1OCCCCCCCl. The molecule has 0 saturated heterocycles. The van der Waals surface area contributed by atoms with E-state index in [-0.39, 0.29) is 0 Å². The fourth-order valence-electron chi connectivity index (χ4n) is 1.97. The van der Waals surface area contributed by atoms with Gasteiger partial charge in [-0.1, -0.05) is 44.9 Å². The molecule has 0 aliphatic heterocycles. The Balaban J connectivity index is 2.37. The minimum Gasteiger partial charge on any atom is -0.493 e. The number of halogens is 1. The van der Waals surface area contributed by atoms with E-state index in [0.717, 1.165) is 37.5 Å². The molecule has 0 amide bonds. The van der Waals surface area contributed by atoms with E-state index in [0.29, 0.717) is 5.92 Å². The summed E-state index contributed by atoms with van der Waals surface area (Å²) in [6, 6.07) is 8.40. The predicted molar refractivity (Wildman–Crippen MR) is 79.8 cm³/mol. The second-order valence-corrected chi connectivity index (χ2v) is 5.18. The number of unbranched alkanes of at least 4 members (excludes halogenated alkanes) is 3. The molecule has 1 atom stereocenters. The van der Waals surface area contributed by atoms with Gasteiger partial charge in [-0.2, -0.15) is 0 Å². The van der Waals surface area contributed by atoms with E-state index < -0.39 is 0 Å². The first-order valence-electron chi connectivity index (χ1n) is 7.07. The van der Waals surface area contributed by atoms with Crippen LogP contribution in [0.1, 0.15) is 57.4 Å². The molecule has 0 bridgehead atoms. The summed E-state index contributed by atoms with van der Waals surface area (Å²) in [5, 5.41) is 0. The minimum atomic E-state index is 0.567. The molecule has 0 spiro atoms. The number of hydrogen-bond acceptors (Lipinski definition) is 1. The van der Waals surface area contributed by atoms with E-state index in [1.807, 2.05) is 0 Å². The summed E-state index contributed by atoms with van der Waals surface area (Å²) in [6.45, 7) is 5.28. The molecular formula is C16H25ClO. The van der Waals surface area contributed by atoms with Crippen molar-refractivity contribution in [1.82, 2.24) is 0 Å². The third-order valence-corrected chi connectivity index (χ3v) is 3.62. The van der Waals surface area contributed by atoms with Gasteiger partial charge in [0.15, 0.2) is 0 Å². The van der Waals surface area contributed by atoms with Crippen molar-refractivity contribution in [2.45, 2.75) is 51.9 Å². The fraction of sp³-hybridized carbons (Fsp3) is 0.625. The quantitative estimate of drug-likeness (QED) is 0.432. The molecule has 1 rings (SSSR count). The zero-order valence-electron chi connectivity index (χ0n) is 11.6. The average molecular weight is 269 g/mol. The lowest BCUT2D eigenvalue weighted by Crippen LogP contribution is -2.02. The average Bonchev–Trinajstić information content (AvgIpc) is 2.42. The number of alkyl halides is 1. The van der Waals surface area contributed by atoms with Gasteiger partial charge in [0.2, 0.25) is 0 Å². The van der Waals surface area contributed by atoms with Gasteiger partial charge in [0.1, 0.15) is 5.75 Å². The van der Waals surface area contributed by atoms with Crippen LogP contribution in [-0.2, 0) is 0 Å². The van der Waals surface area contributed by atoms with E-state index in [4.69, 9.17) is 16.3 Å². The Bertz CT molecular complexity index is 325. The summed E-state index contributed by atoms with van der Waals surface area (Å²) >= 11 is 5.65. The van der Waals surface area contributed by atoms with Crippen LogP contribution >= 0.6 is 11.6 Å². The van der Waals surface area contributed by atoms with Gasteiger partial charge in [-0.3, -0.25) is 0 Å². The van der Waals surface area contributed by atoms with Crippen molar-refractivity contribution in [3.8, 4) is 5.75 Å². The van der Waals surface area contributed by atoms with Gasteiger partial charge in [-0.15, -0.1) is 11.6 Å². The lowest BCUT2D eigenvalue weighted by Gasteiger charge is -2.15. The van der Waals surface area contributed by atoms with Crippen molar-refractivity contribution in [1.29, 1.82) is 0 Å². The third-order valence-electron chi connectivity index (χ3n) is 3.35. The maximum Gasteiger partial charge on any atom is 0.122 e. The van der Waals surface area contributed by atoms with E-state index >= 15 is 0 Å². The number of ether oxygens (including phenoxy) is 1. The lowest BCUT2D eigenvalue weighted by atomic mass is 9.98. The summed E-state index contributed by atoms with van der Waals surface area (Å²) in [4.78, 5) is 0. The fourth-order valence-corrected chi connectivity index (χ4v) is 2.16.